The normalized spacial score (nSPS) is 11.5. The standard InChI is InChI=1S/C38H24N2/c1-2-10-29-27(9-1)23-35(31-12-4-3-11-30(29)31)26-19-17-25(18-20-26)28-21-22-37(39-24-28)38-34-15-6-5-13-32(34)33-14-7-8-16-36(33)40-38/h1-24H. The molecule has 8 aromatic rings. The van der Waals surface area contributed by atoms with Crippen LogP contribution in [0.15, 0.2) is 146 Å². The van der Waals surface area contributed by atoms with Gasteiger partial charge in [-0.3, -0.25) is 4.98 Å². The van der Waals surface area contributed by atoms with Gasteiger partial charge in [-0.05, 0) is 61.8 Å². The first-order valence-electron chi connectivity index (χ1n) is 13.6. The van der Waals surface area contributed by atoms with Gasteiger partial charge in [0.05, 0.1) is 16.9 Å². The average Bonchev–Trinajstić information content (AvgIpc) is 3.04. The van der Waals surface area contributed by atoms with Crippen molar-refractivity contribution in [1.29, 1.82) is 0 Å². The summed E-state index contributed by atoms with van der Waals surface area (Å²) in [6, 6.07) is 49.4. The first kappa shape index (κ1) is 22.6. The average molecular weight is 509 g/mol. The molecule has 0 bridgehead atoms. The Bertz CT molecular complexity index is 2030. The summed E-state index contributed by atoms with van der Waals surface area (Å²) in [6.07, 6.45) is 1.96. The summed E-state index contributed by atoms with van der Waals surface area (Å²) in [7, 11) is 0. The molecule has 2 aromatic heterocycles. The molecule has 0 unspecified atom stereocenters. The van der Waals surface area contributed by atoms with E-state index in [0.717, 1.165) is 38.8 Å². The zero-order chi connectivity index (χ0) is 26.5. The van der Waals surface area contributed by atoms with Crippen molar-refractivity contribution in [2.45, 2.75) is 0 Å². The summed E-state index contributed by atoms with van der Waals surface area (Å²) in [5.74, 6) is 0. The van der Waals surface area contributed by atoms with Gasteiger partial charge in [0.2, 0.25) is 0 Å². The van der Waals surface area contributed by atoms with Gasteiger partial charge >= 0.3 is 0 Å². The summed E-state index contributed by atoms with van der Waals surface area (Å²) >= 11 is 0. The molecule has 0 fully saturated rings. The number of aromatic nitrogens is 2. The fraction of sp³-hybridized carbons (Fsp3) is 0. The Morgan fingerprint density at radius 2 is 0.975 bits per heavy atom. The molecule has 8 rings (SSSR count). The van der Waals surface area contributed by atoms with Gasteiger partial charge in [0.1, 0.15) is 0 Å². The van der Waals surface area contributed by atoms with Crippen molar-refractivity contribution >= 4 is 43.2 Å². The first-order chi connectivity index (χ1) is 19.8. The molecule has 40 heavy (non-hydrogen) atoms. The van der Waals surface area contributed by atoms with E-state index in [-0.39, 0.29) is 0 Å². The van der Waals surface area contributed by atoms with Gasteiger partial charge in [0.25, 0.3) is 0 Å². The Hall–Kier alpha value is -5.34. The number of hydrogen-bond acceptors (Lipinski definition) is 2. The van der Waals surface area contributed by atoms with E-state index in [1.807, 2.05) is 12.3 Å². The van der Waals surface area contributed by atoms with Crippen LogP contribution in [0, 0.1) is 0 Å². The number of hydrogen-bond donors (Lipinski definition) is 0. The largest absolute Gasteiger partial charge is 0.254 e. The third kappa shape index (κ3) is 3.65. The summed E-state index contributed by atoms with van der Waals surface area (Å²) in [6.45, 7) is 0. The molecule has 0 saturated carbocycles. The molecule has 6 aromatic carbocycles. The molecular weight excluding hydrogens is 484 g/mol. The Labute approximate surface area is 232 Å². The lowest BCUT2D eigenvalue weighted by Gasteiger charge is -2.12. The fourth-order valence-electron chi connectivity index (χ4n) is 5.94. The second-order valence-electron chi connectivity index (χ2n) is 10.2. The Balaban J connectivity index is 1.18. The smallest absolute Gasteiger partial charge is 0.0972 e. The van der Waals surface area contributed by atoms with Crippen LogP contribution in [0.1, 0.15) is 0 Å². The van der Waals surface area contributed by atoms with Crippen LogP contribution in [0.3, 0.4) is 0 Å². The number of para-hydroxylation sites is 1. The van der Waals surface area contributed by atoms with E-state index < -0.39 is 0 Å². The lowest BCUT2D eigenvalue weighted by Crippen LogP contribution is -1.92. The number of nitrogens with zero attached hydrogens (tertiary/aromatic N) is 2. The Morgan fingerprint density at radius 1 is 0.400 bits per heavy atom. The van der Waals surface area contributed by atoms with Gasteiger partial charge < -0.3 is 0 Å². The van der Waals surface area contributed by atoms with Crippen molar-refractivity contribution in [3.8, 4) is 33.6 Å². The van der Waals surface area contributed by atoms with Crippen LogP contribution < -0.4 is 0 Å². The van der Waals surface area contributed by atoms with Crippen LogP contribution in [0.5, 0.6) is 0 Å². The lowest BCUT2D eigenvalue weighted by molar-refractivity contribution is 1.29. The first-order valence-corrected chi connectivity index (χ1v) is 13.6. The molecule has 0 amide bonds. The van der Waals surface area contributed by atoms with Crippen LogP contribution in [-0.2, 0) is 0 Å². The van der Waals surface area contributed by atoms with Crippen LogP contribution in [0.2, 0.25) is 0 Å². The Morgan fingerprint density at radius 3 is 1.73 bits per heavy atom. The Kier molecular flexibility index (Phi) is 5.17. The topological polar surface area (TPSA) is 25.8 Å². The van der Waals surface area contributed by atoms with Crippen molar-refractivity contribution in [1.82, 2.24) is 9.97 Å². The molecule has 0 radical (unpaired) electrons. The highest BCUT2D eigenvalue weighted by atomic mass is 14.8. The summed E-state index contributed by atoms with van der Waals surface area (Å²) < 4.78 is 0. The van der Waals surface area contributed by atoms with E-state index in [1.54, 1.807) is 0 Å². The van der Waals surface area contributed by atoms with Gasteiger partial charge in [-0.2, -0.15) is 0 Å². The number of pyridine rings is 2. The number of fused-ring (bicyclic) bond motifs is 6. The van der Waals surface area contributed by atoms with Crippen molar-refractivity contribution in [2.24, 2.45) is 0 Å². The van der Waals surface area contributed by atoms with Gasteiger partial charge in [0.15, 0.2) is 0 Å². The van der Waals surface area contributed by atoms with Crippen LogP contribution >= 0.6 is 0 Å². The van der Waals surface area contributed by atoms with Crippen molar-refractivity contribution in [3.05, 3.63) is 146 Å². The van der Waals surface area contributed by atoms with E-state index in [0.29, 0.717) is 0 Å². The SMILES string of the molecule is c1ccc2c(c1)cc(-c1ccc(-c3ccc(-c4nc5ccccc5c5ccccc45)nc3)cc1)c1ccccc12. The molecule has 0 aliphatic heterocycles. The molecule has 0 spiro atoms. The minimum Gasteiger partial charge on any atom is -0.254 e. The molecule has 2 heteroatoms. The van der Waals surface area contributed by atoms with E-state index in [4.69, 9.17) is 9.97 Å². The van der Waals surface area contributed by atoms with Crippen LogP contribution in [0.4, 0.5) is 0 Å². The van der Waals surface area contributed by atoms with Gasteiger partial charge in [-0.1, -0.05) is 121 Å². The molecule has 2 nitrogen and oxygen atoms in total. The fourth-order valence-corrected chi connectivity index (χ4v) is 5.94. The molecule has 186 valence electrons. The molecule has 0 atom stereocenters. The van der Waals surface area contributed by atoms with Gasteiger partial charge in [0, 0.05) is 22.5 Å². The monoisotopic (exact) mass is 508 g/mol. The highest BCUT2D eigenvalue weighted by molar-refractivity contribution is 6.14. The second kappa shape index (κ2) is 9.14. The number of rotatable bonds is 3. The van der Waals surface area contributed by atoms with Crippen LogP contribution in [0.25, 0.3) is 76.9 Å². The summed E-state index contributed by atoms with van der Waals surface area (Å²) in [4.78, 5) is 9.88. The van der Waals surface area contributed by atoms with Crippen molar-refractivity contribution < 1.29 is 0 Å². The number of benzene rings is 6. The van der Waals surface area contributed by atoms with E-state index in [1.165, 1.54) is 38.1 Å². The van der Waals surface area contributed by atoms with Gasteiger partial charge in [-0.25, -0.2) is 4.98 Å². The molecule has 0 aliphatic rings. The quantitative estimate of drug-likeness (QED) is 0.222. The maximum Gasteiger partial charge on any atom is 0.0972 e. The van der Waals surface area contributed by atoms with Gasteiger partial charge in [-0.15, -0.1) is 0 Å². The van der Waals surface area contributed by atoms with E-state index >= 15 is 0 Å². The lowest BCUT2D eigenvalue weighted by atomic mass is 9.92. The highest BCUT2D eigenvalue weighted by Gasteiger charge is 2.12. The molecule has 0 aliphatic carbocycles. The van der Waals surface area contributed by atoms with E-state index in [2.05, 4.69) is 133 Å². The van der Waals surface area contributed by atoms with E-state index in [9.17, 15) is 0 Å². The molecule has 0 saturated heterocycles. The van der Waals surface area contributed by atoms with Crippen molar-refractivity contribution in [2.75, 3.05) is 0 Å². The minimum absolute atomic E-state index is 0.880. The van der Waals surface area contributed by atoms with Crippen LogP contribution in [-0.4, -0.2) is 9.97 Å². The molecule has 0 N–H and O–H groups in total. The summed E-state index contributed by atoms with van der Waals surface area (Å²) in [5.41, 5.74) is 7.47. The summed E-state index contributed by atoms with van der Waals surface area (Å²) in [5, 5.41) is 8.59. The molecule has 2 heterocycles. The second-order valence-corrected chi connectivity index (χ2v) is 10.2. The molecular formula is C38H24N2. The minimum atomic E-state index is 0.880. The third-order valence-electron chi connectivity index (χ3n) is 7.91. The zero-order valence-electron chi connectivity index (χ0n) is 21.8. The predicted octanol–water partition coefficient (Wildman–Crippen LogP) is 10.1. The maximum absolute atomic E-state index is 5.01. The third-order valence-corrected chi connectivity index (χ3v) is 7.91. The predicted molar refractivity (Wildman–Crippen MR) is 168 cm³/mol. The highest BCUT2D eigenvalue weighted by Crippen LogP contribution is 2.36. The zero-order valence-corrected chi connectivity index (χ0v) is 21.8. The van der Waals surface area contributed by atoms with Crippen molar-refractivity contribution in [3.63, 3.8) is 0 Å². The maximum atomic E-state index is 5.01.